The van der Waals surface area contributed by atoms with E-state index in [2.05, 4.69) is 46.4 Å². The number of rotatable bonds is 9. The van der Waals surface area contributed by atoms with Crippen molar-refractivity contribution in [3.8, 4) is 5.75 Å². The molecule has 142 valence electrons. The molecule has 3 heteroatoms. The van der Waals surface area contributed by atoms with Crippen LogP contribution >= 0.6 is 12.6 Å². The lowest BCUT2D eigenvalue weighted by molar-refractivity contribution is 0.434. The fourth-order valence-electron chi connectivity index (χ4n) is 2.94. The van der Waals surface area contributed by atoms with Crippen LogP contribution in [0, 0.1) is 17.2 Å². The first kappa shape index (κ1) is 22.3. The van der Waals surface area contributed by atoms with Gasteiger partial charge in [0, 0.05) is 11.6 Å². The Hall–Kier alpha value is -1.74. The molecule has 1 rings (SSSR count). The molecular formula is C23H33NOS. The number of phenols is 1. The fraction of sp³-hybridized carbons (Fsp3) is 0.435. The van der Waals surface area contributed by atoms with Crippen molar-refractivity contribution in [3.63, 3.8) is 0 Å². The van der Waals surface area contributed by atoms with Crippen LogP contribution in [0.5, 0.6) is 5.75 Å². The topological polar surface area (TPSA) is 44.1 Å². The average molecular weight is 372 g/mol. The van der Waals surface area contributed by atoms with Gasteiger partial charge in [0.05, 0.1) is 0 Å². The van der Waals surface area contributed by atoms with Gasteiger partial charge in [-0.05, 0) is 85.8 Å². The molecule has 0 saturated heterocycles. The predicted molar refractivity (Wildman–Crippen MR) is 117 cm³/mol. The quantitative estimate of drug-likeness (QED) is 0.251. The van der Waals surface area contributed by atoms with Gasteiger partial charge in [-0.25, -0.2) is 0 Å². The summed E-state index contributed by atoms with van der Waals surface area (Å²) in [7, 11) is 0. The second-order valence-corrected chi connectivity index (χ2v) is 7.55. The molecule has 0 aromatic heterocycles. The van der Waals surface area contributed by atoms with Gasteiger partial charge in [0.15, 0.2) is 0 Å². The third-order valence-electron chi connectivity index (χ3n) is 5.17. The molecule has 2 N–H and O–H groups in total. The van der Waals surface area contributed by atoms with E-state index >= 15 is 0 Å². The average Bonchev–Trinajstić information content (AvgIpc) is 2.62. The maximum absolute atomic E-state index is 9.34. The molecule has 2 nitrogen and oxygen atoms in total. The van der Waals surface area contributed by atoms with Gasteiger partial charge in [-0.2, -0.15) is 12.6 Å². The van der Waals surface area contributed by atoms with E-state index in [0.717, 1.165) is 30.5 Å². The Morgan fingerprint density at radius 1 is 1.12 bits per heavy atom. The van der Waals surface area contributed by atoms with Crippen molar-refractivity contribution in [3.05, 3.63) is 64.1 Å². The number of phenolic OH excluding ortho intramolecular Hbond substituents is 1. The summed E-state index contributed by atoms with van der Waals surface area (Å²) in [5.74, 6) is 1.01. The zero-order valence-corrected chi connectivity index (χ0v) is 17.6. The molecule has 1 aromatic rings. The Bertz CT molecular complexity index is 683. The highest BCUT2D eigenvalue weighted by Gasteiger charge is 2.18. The van der Waals surface area contributed by atoms with Crippen molar-refractivity contribution in [1.29, 1.82) is 5.41 Å². The maximum Gasteiger partial charge on any atom is 0.115 e. The summed E-state index contributed by atoms with van der Waals surface area (Å²) in [6.07, 6.45) is 7.27. The summed E-state index contributed by atoms with van der Waals surface area (Å²) in [6.45, 7) is 10.6. The summed E-state index contributed by atoms with van der Waals surface area (Å²) in [6, 6.07) is 7.45. The van der Waals surface area contributed by atoms with Crippen LogP contribution in [0.3, 0.4) is 0 Å². The number of allylic oxidation sites excluding steroid dienone is 5. The lowest BCUT2D eigenvalue weighted by atomic mass is 9.84. The minimum absolute atomic E-state index is 0.236. The summed E-state index contributed by atoms with van der Waals surface area (Å²) < 4.78 is 0. The van der Waals surface area contributed by atoms with Gasteiger partial charge < -0.3 is 10.5 Å². The highest BCUT2D eigenvalue weighted by molar-refractivity contribution is 7.83. The van der Waals surface area contributed by atoms with Gasteiger partial charge in [-0.15, -0.1) is 0 Å². The van der Waals surface area contributed by atoms with Crippen LogP contribution in [0.15, 0.2) is 58.5 Å². The summed E-state index contributed by atoms with van der Waals surface area (Å²) in [5, 5.41) is 19.6. The highest BCUT2D eigenvalue weighted by Crippen LogP contribution is 2.23. The number of benzene rings is 1. The molecule has 1 aromatic carbocycles. The van der Waals surface area contributed by atoms with Crippen LogP contribution in [0.4, 0.5) is 0 Å². The highest BCUT2D eigenvalue weighted by atomic mass is 32.1. The first-order chi connectivity index (χ1) is 12.3. The van der Waals surface area contributed by atoms with Gasteiger partial charge >= 0.3 is 0 Å². The van der Waals surface area contributed by atoms with Gasteiger partial charge in [0.25, 0.3) is 0 Å². The Morgan fingerprint density at radius 2 is 1.73 bits per heavy atom. The van der Waals surface area contributed by atoms with E-state index in [9.17, 15) is 5.11 Å². The lowest BCUT2D eigenvalue weighted by Gasteiger charge is -2.21. The first-order valence-electron chi connectivity index (χ1n) is 9.29. The van der Waals surface area contributed by atoms with Crippen molar-refractivity contribution in [2.45, 2.75) is 53.9 Å². The number of hydrogen-bond donors (Lipinski definition) is 3. The monoisotopic (exact) mass is 371 g/mol. The molecule has 0 heterocycles. The second-order valence-electron chi connectivity index (χ2n) is 7.25. The number of aromatic hydroxyl groups is 1. The van der Waals surface area contributed by atoms with E-state index in [1.165, 1.54) is 16.7 Å². The molecule has 26 heavy (non-hydrogen) atoms. The van der Waals surface area contributed by atoms with Crippen LogP contribution in [0.1, 0.15) is 53.0 Å². The van der Waals surface area contributed by atoms with Crippen molar-refractivity contribution >= 4 is 18.3 Å². The van der Waals surface area contributed by atoms with Gasteiger partial charge in [0.1, 0.15) is 5.75 Å². The molecule has 1 unspecified atom stereocenters. The molecule has 0 saturated carbocycles. The van der Waals surface area contributed by atoms with Crippen LogP contribution < -0.4 is 0 Å². The van der Waals surface area contributed by atoms with E-state index in [-0.39, 0.29) is 5.92 Å². The molecule has 0 bridgehead atoms. The van der Waals surface area contributed by atoms with E-state index in [1.807, 2.05) is 25.1 Å². The summed E-state index contributed by atoms with van der Waals surface area (Å²) in [5.41, 5.74) is 5.35. The molecule has 2 atom stereocenters. The molecule has 0 amide bonds. The van der Waals surface area contributed by atoms with E-state index in [1.54, 1.807) is 17.5 Å². The number of thiol groups is 1. The van der Waals surface area contributed by atoms with Crippen molar-refractivity contribution in [2.24, 2.45) is 11.8 Å². The van der Waals surface area contributed by atoms with Crippen molar-refractivity contribution < 1.29 is 5.11 Å². The number of nitrogens with one attached hydrogen (secondary N) is 1. The largest absolute Gasteiger partial charge is 0.508 e. The fourth-order valence-corrected chi connectivity index (χ4v) is 3.17. The standard InChI is InChI=1S/C23H33NOS/c1-16(13-14-26)18(3)15-19(4)23(24)20(5)17(2)7-6-8-21-9-11-22(25)12-10-21/h9-15,17,20,24-26H,6-8H2,1-5H3/b14-13-,18-16+,19-15+,24-23?/t17?,20-/m0/s1. The van der Waals surface area contributed by atoms with Gasteiger partial charge in [-0.1, -0.05) is 38.1 Å². The smallest absolute Gasteiger partial charge is 0.115 e. The lowest BCUT2D eigenvalue weighted by Crippen LogP contribution is -2.19. The zero-order valence-electron chi connectivity index (χ0n) is 16.7. The maximum atomic E-state index is 9.34. The molecule has 0 fully saturated rings. The Labute approximate surface area is 164 Å². The van der Waals surface area contributed by atoms with E-state index in [4.69, 9.17) is 5.41 Å². The molecule has 0 spiro atoms. The third-order valence-corrected chi connectivity index (χ3v) is 5.32. The third kappa shape index (κ3) is 7.25. The van der Waals surface area contributed by atoms with E-state index in [0.29, 0.717) is 11.7 Å². The van der Waals surface area contributed by atoms with Crippen molar-refractivity contribution in [2.75, 3.05) is 0 Å². The van der Waals surface area contributed by atoms with Crippen LogP contribution in [-0.2, 0) is 6.42 Å². The minimum atomic E-state index is 0.236. The Morgan fingerprint density at radius 3 is 2.31 bits per heavy atom. The number of hydrogen-bond acceptors (Lipinski definition) is 3. The molecule has 0 aliphatic carbocycles. The normalized spacial score (nSPS) is 15.7. The van der Waals surface area contributed by atoms with Crippen LogP contribution in [0.2, 0.25) is 0 Å². The summed E-state index contributed by atoms with van der Waals surface area (Å²) in [4.78, 5) is 0. The zero-order chi connectivity index (χ0) is 19.7. The first-order valence-corrected chi connectivity index (χ1v) is 9.81. The molecule has 0 aliphatic heterocycles. The molecule has 0 aliphatic rings. The predicted octanol–water partition coefficient (Wildman–Crippen LogP) is 6.73. The second kappa shape index (κ2) is 11.1. The minimum Gasteiger partial charge on any atom is -0.508 e. The van der Waals surface area contributed by atoms with E-state index < -0.39 is 0 Å². The van der Waals surface area contributed by atoms with Crippen LogP contribution in [-0.4, -0.2) is 10.8 Å². The van der Waals surface area contributed by atoms with Gasteiger partial charge in [0.2, 0.25) is 0 Å². The summed E-state index contributed by atoms with van der Waals surface area (Å²) >= 11 is 4.12. The van der Waals surface area contributed by atoms with Crippen LogP contribution in [0.25, 0.3) is 0 Å². The Balaban J connectivity index is 2.60. The van der Waals surface area contributed by atoms with Gasteiger partial charge in [-0.3, -0.25) is 0 Å². The molecular weight excluding hydrogens is 338 g/mol. The number of aryl methyl sites for hydroxylation is 1. The Kier molecular flexibility index (Phi) is 9.50. The molecule has 0 radical (unpaired) electrons. The SMILES string of the molecule is C\C(=C/C(C)=C(C)/C=C\S)C(=N)[C@@H](C)C(C)CCCc1ccc(O)cc1. The van der Waals surface area contributed by atoms with Crippen molar-refractivity contribution in [1.82, 2.24) is 0 Å².